The standard InChI is InChI=1S/C48H41N3O8/c1-27-14-18-31(19-15-27)49-51-45(55)37-26-36-34(42(41-38(52)24-33(58-2)25-39(41)59-3)48(37,47(51)57)30-12-8-5-9-13-30)22-23-35-40(36)46(56)50(44(35)54)32-20-16-29(17-21-32)43(53)28-10-6-4-7-11-28/h4-22,24-25,35-37,40,42,49,52H,23,26H2,1-3H3/t35-,36+,37-,40-,42+,48+/m0/s1. The predicted octanol–water partition coefficient (Wildman–Crippen LogP) is 7.14. The highest BCUT2D eigenvalue weighted by molar-refractivity contribution is 6.23. The summed E-state index contributed by atoms with van der Waals surface area (Å²) < 4.78 is 11.4. The number of hydrogen-bond acceptors (Lipinski definition) is 9. The molecule has 2 saturated heterocycles. The first-order valence-corrected chi connectivity index (χ1v) is 19.6. The molecule has 11 heteroatoms. The third kappa shape index (κ3) is 5.74. The quantitative estimate of drug-likeness (QED) is 0.0906. The van der Waals surface area contributed by atoms with Crippen molar-refractivity contribution < 1.29 is 38.6 Å². The fourth-order valence-electron chi connectivity index (χ4n) is 10.00. The molecular formula is C48H41N3O8. The van der Waals surface area contributed by atoms with Crippen LogP contribution >= 0.6 is 0 Å². The Morgan fingerprint density at radius 2 is 1.42 bits per heavy atom. The number of phenolic OH excluding ortho intramolecular Hbond substituents is 1. The van der Waals surface area contributed by atoms with E-state index >= 15 is 9.59 Å². The Hall–Kier alpha value is -7.01. The van der Waals surface area contributed by atoms with Gasteiger partial charge in [-0.3, -0.25) is 34.3 Å². The van der Waals surface area contributed by atoms with Crippen molar-refractivity contribution in [2.24, 2.45) is 23.7 Å². The molecule has 0 bridgehead atoms. The van der Waals surface area contributed by atoms with Gasteiger partial charge in [0.1, 0.15) is 17.2 Å². The smallest absolute Gasteiger partial charge is 0.260 e. The summed E-state index contributed by atoms with van der Waals surface area (Å²) in [7, 11) is 2.92. The summed E-state index contributed by atoms with van der Waals surface area (Å²) in [6.07, 6.45) is 2.18. The summed E-state index contributed by atoms with van der Waals surface area (Å²) in [4.78, 5) is 74.1. The molecule has 4 aliphatic rings. The number of ether oxygens (including phenoxy) is 2. The van der Waals surface area contributed by atoms with Crippen LogP contribution in [0.5, 0.6) is 17.2 Å². The number of nitrogens with zero attached hydrogens (tertiary/aromatic N) is 2. The van der Waals surface area contributed by atoms with Gasteiger partial charge in [0, 0.05) is 34.7 Å². The zero-order valence-corrected chi connectivity index (χ0v) is 32.6. The molecule has 2 heterocycles. The number of amides is 4. The van der Waals surface area contributed by atoms with E-state index in [0.717, 1.165) is 10.6 Å². The summed E-state index contributed by atoms with van der Waals surface area (Å²) in [5.41, 5.74) is 5.76. The first kappa shape index (κ1) is 37.6. The highest BCUT2D eigenvalue weighted by atomic mass is 16.5. The molecule has 6 atom stereocenters. The largest absolute Gasteiger partial charge is 0.507 e. The number of ketones is 1. The maximum atomic E-state index is 15.5. The second-order valence-corrected chi connectivity index (χ2v) is 15.6. The molecule has 11 nitrogen and oxygen atoms in total. The van der Waals surface area contributed by atoms with Gasteiger partial charge in [-0.1, -0.05) is 90.0 Å². The van der Waals surface area contributed by atoms with Gasteiger partial charge in [-0.15, -0.1) is 0 Å². The lowest BCUT2D eigenvalue weighted by atomic mass is 9.49. The average molecular weight is 788 g/mol. The second kappa shape index (κ2) is 14.4. The molecule has 9 rings (SSSR count). The van der Waals surface area contributed by atoms with E-state index in [9.17, 15) is 19.5 Å². The number of phenols is 1. The third-order valence-corrected chi connectivity index (χ3v) is 12.7. The fourth-order valence-corrected chi connectivity index (χ4v) is 10.00. The number of fused-ring (bicyclic) bond motifs is 4. The van der Waals surface area contributed by atoms with Crippen LogP contribution in [0.1, 0.15) is 51.4 Å². The molecule has 4 amide bonds. The Bertz CT molecular complexity index is 2560. The van der Waals surface area contributed by atoms with E-state index in [-0.39, 0.29) is 41.6 Å². The zero-order valence-electron chi connectivity index (χ0n) is 32.6. The first-order chi connectivity index (χ1) is 28.6. The van der Waals surface area contributed by atoms with Gasteiger partial charge in [0.2, 0.25) is 11.8 Å². The topological polar surface area (TPSA) is 143 Å². The Kier molecular flexibility index (Phi) is 9.18. The summed E-state index contributed by atoms with van der Waals surface area (Å²) in [5.74, 6) is -6.03. The van der Waals surface area contributed by atoms with Gasteiger partial charge in [0.25, 0.3) is 11.8 Å². The number of carbonyl (C=O) groups excluding carboxylic acids is 5. The van der Waals surface area contributed by atoms with Gasteiger partial charge in [0.05, 0.1) is 48.8 Å². The van der Waals surface area contributed by atoms with Crippen molar-refractivity contribution in [3.63, 3.8) is 0 Å². The molecule has 3 fully saturated rings. The van der Waals surface area contributed by atoms with Crippen LogP contribution in [0, 0.1) is 30.6 Å². The first-order valence-electron chi connectivity index (χ1n) is 19.6. The zero-order chi connectivity index (χ0) is 41.2. The van der Waals surface area contributed by atoms with E-state index in [4.69, 9.17) is 9.47 Å². The van der Waals surface area contributed by atoms with Crippen LogP contribution in [-0.4, -0.2) is 53.7 Å². The molecule has 0 radical (unpaired) electrons. The molecule has 0 unspecified atom stereocenters. The minimum absolute atomic E-state index is 0.0751. The van der Waals surface area contributed by atoms with Gasteiger partial charge >= 0.3 is 0 Å². The van der Waals surface area contributed by atoms with Crippen molar-refractivity contribution >= 4 is 40.8 Å². The third-order valence-electron chi connectivity index (χ3n) is 12.7. The van der Waals surface area contributed by atoms with Gasteiger partial charge in [-0.05, 0) is 67.6 Å². The highest BCUT2D eigenvalue weighted by Gasteiger charge is 2.71. The van der Waals surface area contributed by atoms with Crippen LogP contribution < -0.4 is 19.8 Å². The minimum atomic E-state index is -1.61. The van der Waals surface area contributed by atoms with Crippen LogP contribution in [0.3, 0.4) is 0 Å². The average Bonchev–Trinajstić information content (AvgIpc) is 3.65. The molecule has 0 spiro atoms. The number of rotatable bonds is 9. The summed E-state index contributed by atoms with van der Waals surface area (Å²) in [6, 6.07) is 34.8. The molecule has 2 aliphatic heterocycles. The van der Waals surface area contributed by atoms with Crippen molar-refractivity contribution in [1.82, 2.24) is 5.01 Å². The highest BCUT2D eigenvalue weighted by Crippen LogP contribution is 2.66. The molecule has 296 valence electrons. The van der Waals surface area contributed by atoms with Crippen molar-refractivity contribution in [3.05, 3.63) is 161 Å². The Labute approximate surface area is 340 Å². The lowest BCUT2D eigenvalue weighted by molar-refractivity contribution is -0.138. The van der Waals surface area contributed by atoms with Gasteiger partial charge in [-0.25, -0.2) is 0 Å². The lowest BCUT2D eigenvalue weighted by Gasteiger charge is -2.50. The monoisotopic (exact) mass is 787 g/mol. The molecule has 5 aromatic carbocycles. The number of methoxy groups -OCH3 is 2. The molecular weight excluding hydrogens is 747 g/mol. The van der Waals surface area contributed by atoms with E-state index in [1.807, 2.05) is 61.5 Å². The van der Waals surface area contributed by atoms with Crippen LogP contribution in [0.15, 0.2) is 133 Å². The van der Waals surface area contributed by atoms with Crippen LogP contribution in [-0.2, 0) is 24.6 Å². The molecule has 1 saturated carbocycles. The summed E-state index contributed by atoms with van der Waals surface area (Å²) >= 11 is 0. The SMILES string of the molecule is COc1cc(O)c([C@H]2C3=CC[C@@H]4C(=O)N(c5ccc(C(=O)c6ccccc6)cc5)C(=O)[C@@H]4[C@@H]3C[C@H]3C(=O)N(Nc4ccc(C)cc4)C(=O)[C@@]23c2ccccc2)c(OC)c1. The Balaban J connectivity index is 1.18. The number of benzene rings is 5. The lowest BCUT2D eigenvalue weighted by Crippen LogP contribution is -2.53. The van der Waals surface area contributed by atoms with Crippen LogP contribution in [0.2, 0.25) is 0 Å². The van der Waals surface area contributed by atoms with Crippen molar-refractivity contribution in [2.75, 3.05) is 24.5 Å². The maximum Gasteiger partial charge on any atom is 0.260 e. The van der Waals surface area contributed by atoms with Gasteiger partial charge in [0.15, 0.2) is 5.78 Å². The normalized spacial score (nSPS) is 24.6. The van der Waals surface area contributed by atoms with Gasteiger partial charge < -0.3 is 14.6 Å². The second-order valence-electron chi connectivity index (χ2n) is 15.6. The van der Waals surface area contributed by atoms with E-state index in [1.165, 1.54) is 25.2 Å². The predicted molar refractivity (Wildman–Crippen MR) is 219 cm³/mol. The summed E-state index contributed by atoms with van der Waals surface area (Å²) in [5, 5.41) is 13.1. The molecule has 0 aromatic heterocycles. The van der Waals surface area contributed by atoms with E-state index in [2.05, 4.69) is 5.43 Å². The number of carbonyl (C=O) groups is 5. The number of anilines is 2. The minimum Gasteiger partial charge on any atom is -0.507 e. The number of hydrogen-bond donors (Lipinski definition) is 2. The van der Waals surface area contributed by atoms with Crippen molar-refractivity contribution in [2.45, 2.75) is 31.1 Å². The number of imide groups is 2. The Morgan fingerprint density at radius 3 is 2.08 bits per heavy atom. The molecule has 5 aromatic rings. The van der Waals surface area contributed by atoms with Crippen molar-refractivity contribution in [1.29, 1.82) is 0 Å². The van der Waals surface area contributed by atoms with Crippen molar-refractivity contribution in [3.8, 4) is 17.2 Å². The molecule has 2 N–H and O–H groups in total. The molecule has 59 heavy (non-hydrogen) atoms. The van der Waals surface area contributed by atoms with Crippen LogP contribution in [0.4, 0.5) is 11.4 Å². The summed E-state index contributed by atoms with van der Waals surface area (Å²) in [6.45, 7) is 1.94. The van der Waals surface area contributed by atoms with E-state index < -0.39 is 52.7 Å². The molecule has 2 aliphatic carbocycles. The number of nitrogens with one attached hydrogen (secondary N) is 1. The van der Waals surface area contributed by atoms with E-state index in [1.54, 1.807) is 66.7 Å². The fraction of sp³-hybridized carbons (Fsp3) is 0.229. The van der Waals surface area contributed by atoms with E-state index in [0.29, 0.717) is 39.4 Å². The number of aryl methyl sites for hydroxylation is 1. The Morgan fingerprint density at radius 1 is 0.763 bits per heavy atom. The number of hydrazine groups is 1. The van der Waals surface area contributed by atoms with Gasteiger partial charge in [-0.2, -0.15) is 5.01 Å². The van der Waals surface area contributed by atoms with Crippen LogP contribution in [0.25, 0.3) is 0 Å². The maximum absolute atomic E-state index is 15.5. The number of aromatic hydroxyl groups is 1. The number of allylic oxidation sites excluding steroid dienone is 2.